The van der Waals surface area contributed by atoms with Crippen molar-refractivity contribution in [1.82, 2.24) is 4.57 Å². The Labute approximate surface area is 102 Å². The van der Waals surface area contributed by atoms with Crippen LogP contribution in [0.25, 0.3) is 10.9 Å². The fraction of sp³-hybridized carbons (Fsp3) is 0.400. The third kappa shape index (κ3) is 2.34. The van der Waals surface area contributed by atoms with E-state index in [2.05, 4.69) is 30.8 Å². The maximum Gasteiger partial charge on any atom is 0.0991 e. The Morgan fingerprint density at radius 3 is 2.82 bits per heavy atom. The monoisotopic (exact) mass is 226 g/mol. The van der Waals surface area contributed by atoms with E-state index in [0.29, 0.717) is 0 Å². The van der Waals surface area contributed by atoms with E-state index in [4.69, 9.17) is 5.26 Å². The van der Waals surface area contributed by atoms with E-state index in [9.17, 15) is 0 Å². The summed E-state index contributed by atoms with van der Waals surface area (Å²) in [5.41, 5.74) is 3.34. The van der Waals surface area contributed by atoms with E-state index in [1.807, 2.05) is 18.2 Å². The van der Waals surface area contributed by atoms with Gasteiger partial charge in [-0.25, -0.2) is 0 Å². The van der Waals surface area contributed by atoms with E-state index >= 15 is 0 Å². The zero-order valence-corrected chi connectivity index (χ0v) is 10.5. The van der Waals surface area contributed by atoms with Crippen molar-refractivity contribution in [3.05, 3.63) is 35.5 Å². The Kier molecular flexibility index (Phi) is 3.49. The summed E-state index contributed by atoms with van der Waals surface area (Å²) >= 11 is 0. The van der Waals surface area contributed by atoms with Crippen molar-refractivity contribution in [2.24, 2.45) is 7.05 Å². The van der Waals surface area contributed by atoms with Gasteiger partial charge in [-0.3, -0.25) is 0 Å². The van der Waals surface area contributed by atoms with Crippen LogP contribution in [0.3, 0.4) is 0 Å². The molecule has 0 radical (unpaired) electrons. The first-order valence-electron chi connectivity index (χ1n) is 6.24. The van der Waals surface area contributed by atoms with Gasteiger partial charge in [0.1, 0.15) is 0 Å². The highest BCUT2D eigenvalue weighted by Gasteiger charge is 2.06. The van der Waals surface area contributed by atoms with Gasteiger partial charge < -0.3 is 4.57 Å². The van der Waals surface area contributed by atoms with E-state index < -0.39 is 0 Å². The fourth-order valence-electron chi connectivity index (χ4n) is 2.31. The molecule has 17 heavy (non-hydrogen) atoms. The third-order valence-corrected chi connectivity index (χ3v) is 3.25. The normalized spacial score (nSPS) is 10.6. The van der Waals surface area contributed by atoms with Gasteiger partial charge in [-0.15, -0.1) is 0 Å². The first kappa shape index (κ1) is 11.7. The zero-order chi connectivity index (χ0) is 12.3. The largest absolute Gasteiger partial charge is 0.350 e. The average Bonchev–Trinajstić information content (AvgIpc) is 2.66. The summed E-state index contributed by atoms with van der Waals surface area (Å²) in [5, 5.41) is 10.2. The van der Waals surface area contributed by atoms with Crippen LogP contribution in [0.4, 0.5) is 0 Å². The standard InChI is InChI=1S/C15H18N2/c1-3-4-5-6-13-11-17(2)15-8-7-12(10-16)9-14(13)15/h7-9,11H,3-6H2,1-2H3. The van der Waals surface area contributed by atoms with Gasteiger partial charge in [0.05, 0.1) is 11.6 Å². The Morgan fingerprint density at radius 1 is 1.29 bits per heavy atom. The minimum Gasteiger partial charge on any atom is -0.350 e. The molecule has 1 aromatic carbocycles. The number of aromatic nitrogens is 1. The van der Waals surface area contributed by atoms with Gasteiger partial charge in [0.25, 0.3) is 0 Å². The van der Waals surface area contributed by atoms with Crippen LogP contribution >= 0.6 is 0 Å². The number of rotatable bonds is 4. The first-order chi connectivity index (χ1) is 8.26. The Hall–Kier alpha value is -1.75. The molecule has 1 heterocycles. The molecule has 0 spiro atoms. The summed E-state index contributed by atoms with van der Waals surface area (Å²) in [5.74, 6) is 0. The number of hydrogen-bond donors (Lipinski definition) is 0. The van der Waals surface area contributed by atoms with Gasteiger partial charge in [0.2, 0.25) is 0 Å². The molecule has 0 fully saturated rings. The van der Waals surface area contributed by atoms with Crippen molar-refractivity contribution < 1.29 is 0 Å². The van der Waals surface area contributed by atoms with Gasteiger partial charge in [-0.1, -0.05) is 19.8 Å². The molecule has 0 amide bonds. The van der Waals surface area contributed by atoms with Crippen LogP contribution in [-0.2, 0) is 13.5 Å². The summed E-state index contributed by atoms with van der Waals surface area (Å²) in [7, 11) is 2.07. The lowest BCUT2D eigenvalue weighted by atomic mass is 10.0. The molecule has 2 nitrogen and oxygen atoms in total. The lowest BCUT2D eigenvalue weighted by Crippen LogP contribution is -1.84. The minimum atomic E-state index is 0.750. The summed E-state index contributed by atoms with van der Waals surface area (Å²) in [6.07, 6.45) is 7.05. The lowest BCUT2D eigenvalue weighted by Gasteiger charge is -1.98. The maximum absolute atomic E-state index is 8.95. The van der Waals surface area contributed by atoms with Crippen molar-refractivity contribution in [3.63, 3.8) is 0 Å². The number of aryl methyl sites for hydroxylation is 2. The number of nitrogens with zero attached hydrogens (tertiary/aromatic N) is 2. The second kappa shape index (κ2) is 5.05. The maximum atomic E-state index is 8.95. The molecule has 0 aliphatic rings. The molecule has 0 aliphatic heterocycles. The molecule has 2 aromatic rings. The SMILES string of the molecule is CCCCCc1cn(C)c2ccc(C#N)cc12. The van der Waals surface area contributed by atoms with Crippen LogP contribution in [0.15, 0.2) is 24.4 Å². The fourth-order valence-corrected chi connectivity index (χ4v) is 2.31. The molecule has 0 N–H and O–H groups in total. The number of hydrogen-bond acceptors (Lipinski definition) is 1. The quantitative estimate of drug-likeness (QED) is 0.729. The Bertz CT molecular complexity index is 558. The summed E-state index contributed by atoms with van der Waals surface area (Å²) in [6.45, 7) is 2.22. The summed E-state index contributed by atoms with van der Waals surface area (Å²) in [6, 6.07) is 8.15. The van der Waals surface area contributed by atoms with E-state index in [1.165, 1.54) is 35.7 Å². The highest BCUT2D eigenvalue weighted by atomic mass is 14.9. The van der Waals surface area contributed by atoms with Gasteiger partial charge in [-0.2, -0.15) is 5.26 Å². The van der Waals surface area contributed by atoms with Crippen LogP contribution < -0.4 is 0 Å². The van der Waals surface area contributed by atoms with Gasteiger partial charge >= 0.3 is 0 Å². The molecule has 0 saturated carbocycles. The van der Waals surface area contributed by atoms with Crippen molar-refractivity contribution >= 4 is 10.9 Å². The van der Waals surface area contributed by atoms with Crippen molar-refractivity contribution in [2.45, 2.75) is 32.6 Å². The number of unbranched alkanes of at least 4 members (excludes halogenated alkanes) is 2. The van der Waals surface area contributed by atoms with Gasteiger partial charge in [-0.05, 0) is 36.6 Å². The second-order valence-electron chi connectivity index (χ2n) is 4.57. The molecule has 2 rings (SSSR count). The lowest BCUT2D eigenvalue weighted by molar-refractivity contribution is 0.718. The molecule has 1 aromatic heterocycles. The smallest absolute Gasteiger partial charge is 0.0991 e. The van der Waals surface area contributed by atoms with Gasteiger partial charge in [0, 0.05) is 24.1 Å². The van der Waals surface area contributed by atoms with E-state index in [0.717, 1.165) is 12.0 Å². The molecule has 0 bridgehead atoms. The van der Waals surface area contributed by atoms with E-state index in [-0.39, 0.29) is 0 Å². The zero-order valence-electron chi connectivity index (χ0n) is 10.5. The molecule has 0 saturated heterocycles. The number of benzene rings is 1. The molecule has 0 atom stereocenters. The van der Waals surface area contributed by atoms with Crippen molar-refractivity contribution in [3.8, 4) is 6.07 Å². The van der Waals surface area contributed by atoms with E-state index in [1.54, 1.807) is 0 Å². The molecule has 0 unspecified atom stereocenters. The first-order valence-corrected chi connectivity index (χ1v) is 6.24. The second-order valence-corrected chi connectivity index (χ2v) is 4.57. The van der Waals surface area contributed by atoms with Crippen LogP contribution in [0, 0.1) is 11.3 Å². The molecule has 88 valence electrons. The molecular formula is C15H18N2. The summed E-state index contributed by atoms with van der Waals surface area (Å²) in [4.78, 5) is 0. The predicted octanol–water partition coefficient (Wildman–Crippen LogP) is 3.78. The third-order valence-electron chi connectivity index (χ3n) is 3.25. The molecule has 2 heteroatoms. The van der Waals surface area contributed by atoms with Crippen LogP contribution in [-0.4, -0.2) is 4.57 Å². The van der Waals surface area contributed by atoms with Crippen LogP contribution in [0.2, 0.25) is 0 Å². The highest BCUT2D eigenvalue weighted by Crippen LogP contribution is 2.23. The van der Waals surface area contributed by atoms with Crippen LogP contribution in [0.5, 0.6) is 0 Å². The molecule has 0 aliphatic carbocycles. The molecular weight excluding hydrogens is 208 g/mol. The summed E-state index contributed by atoms with van der Waals surface area (Å²) < 4.78 is 2.15. The Balaban J connectivity index is 2.38. The predicted molar refractivity (Wildman–Crippen MR) is 70.9 cm³/mol. The number of fused-ring (bicyclic) bond motifs is 1. The Morgan fingerprint density at radius 2 is 2.12 bits per heavy atom. The highest BCUT2D eigenvalue weighted by molar-refractivity contribution is 5.85. The minimum absolute atomic E-state index is 0.750. The average molecular weight is 226 g/mol. The number of nitriles is 1. The van der Waals surface area contributed by atoms with Crippen LogP contribution in [0.1, 0.15) is 37.3 Å². The van der Waals surface area contributed by atoms with Crippen molar-refractivity contribution in [1.29, 1.82) is 5.26 Å². The topological polar surface area (TPSA) is 28.7 Å². The van der Waals surface area contributed by atoms with Crippen molar-refractivity contribution in [2.75, 3.05) is 0 Å². The van der Waals surface area contributed by atoms with Gasteiger partial charge in [0.15, 0.2) is 0 Å².